The SMILES string of the molecule is COC(=O)c1cc2ccc3ccccc3n2c1N. The number of hydrogen-bond donors (Lipinski definition) is 1. The van der Waals surface area contributed by atoms with Crippen LogP contribution in [0.15, 0.2) is 42.5 Å². The van der Waals surface area contributed by atoms with Gasteiger partial charge in [0.15, 0.2) is 0 Å². The number of nitrogens with zero attached hydrogens (tertiary/aromatic N) is 1. The highest BCUT2D eigenvalue weighted by molar-refractivity contribution is 5.99. The van der Waals surface area contributed by atoms with Gasteiger partial charge in [0.2, 0.25) is 0 Å². The van der Waals surface area contributed by atoms with Crippen LogP contribution in [0.25, 0.3) is 16.4 Å². The molecule has 0 aliphatic heterocycles. The van der Waals surface area contributed by atoms with Gasteiger partial charge < -0.3 is 10.5 Å². The second-order valence-corrected chi connectivity index (χ2v) is 4.09. The molecule has 0 amide bonds. The summed E-state index contributed by atoms with van der Waals surface area (Å²) >= 11 is 0. The van der Waals surface area contributed by atoms with Gasteiger partial charge in [0.05, 0.1) is 12.6 Å². The molecule has 18 heavy (non-hydrogen) atoms. The first-order valence-electron chi connectivity index (χ1n) is 5.59. The highest BCUT2D eigenvalue weighted by atomic mass is 16.5. The van der Waals surface area contributed by atoms with Gasteiger partial charge in [-0.05, 0) is 23.6 Å². The van der Waals surface area contributed by atoms with E-state index in [0.29, 0.717) is 11.4 Å². The lowest BCUT2D eigenvalue weighted by Gasteiger charge is -2.04. The summed E-state index contributed by atoms with van der Waals surface area (Å²) in [4.78, 5) is 11.6. The Morgan fingerprint density at radius 2 is 2.00 bits per heavy atom. The molecule has 3 aromatic rings. The van der Waals surface area contributed by atoms with Crippen molar-refractivity contribution in [2.24, 2.45) is 0 Å². The van der Waals surface area contributed by atoms with Crippen LogP contribution in [0.5, 0.6) is 0 Å². The third-order valence-corrected chi connectivity index (χ3v) is 3.08. The maximum atomic E-state index is 11.6. The molecule has 1 aromatic carbocycles. The van der Waals surface area contributed by atoms with Crippen molar-refractivity contribution in [1.29, 1.82) is 0 Å². The molecular weight excluding hydrogens is 228 g/mol. The van der Waals surface area contributed by atoms with Gasteiger partial charge >= 0.3 is 5.97 Å². The molecule has 2 N–H and O–H groups in total. The number of hydrogen-bond acceptors (Lipinski definition) is 3. The van der Waals surface area contributed by atoms with E-state index in [2.05, 4.69) is 0 Å². The monoisotopic (exact) mass is 240 g/mol. The van der Waals surface area contributed by atoms with Crippen molar-refractivity contribution in [3.8, 4) is 0 Å². The van der Waals surface area contributed by atoms with Crippen molar-refractivity contribution >= 4 is 28.2 Å². The average Bonchev–Trinajstić information content (AvgIpc) is 2.76. The number of carbonyl (C=O) groups is 1. The van der Waals surface area contributed by atoms with Gasteiger partial charge in [0, 0.05) is 5.52 Å². The molecule has 0 fully saturated rings. The van der Waals surface area contributed by atoms with E-state index in [-0.39, 0.29) is 0 Å². The van der Waals surface area contributed by atoms with Crippen LogP contribution in [0, 0.1) is 0 Å². The normalized spacial score (nSPS) is 10.9. The van der Waals surface area contributed by atoms with E-state index in [4.69, 9.17) is 10.5 Å². The number of nitrogens with two attached hydrogens (primary N) is 1. The predicted octanol–water partition coefficient (Wildman–Crippen LogP) is 2.46. The molecular formula is C14H12N2O2. The number of aromatic nitrogens is 1. The number of anilines is 1. The third-order valence-electron chi connectivity index (χ3n) is 3.08. The van der Waals surface area contributed by atoms with E-state index in [1.165, 1.54) is 7.11 Å². The first-order chi connectivity index (χ1) is 8.72. The largest absolute Gasteiger partial charge is 0.465 e. The number of rotatable bonds is 1. The van der Waals surface area contributed by atoms with Gasteiger partial charge in [-0.25, -0.2) is 4.79 Å². The number of fused-ring (bicyclic) bond motifs is 3. The van der Waals surface area contributed by atoms with Gasteiger partial charge in [-0.1, -0.05) is 24.3 Å². The van der Waals surface area contributed by atoms with Gasteiger partial charge in [0.1, 0.15) is 11.4 Å². The lowest BCUT2D eigenvalue weighted by atomic mass is 10.2. The van der Waals surface area contributed by atoms with Crippen LogP contribution in [0.1, 0.15) is 10.4 Å². The Balaban J connectivity index is 2.44. The molecule has 3 rings (SSSR count). The number of esters is 1. The first-order valence-corrected chi connectivity index (χ1v) is 5.59. The summed E-state index contributed by atoms with van der Waals surface area (Å²) in [5.41, 5.74) is 8.30. The van der Waals surface area contributed by atoms with Crippen LogP contribution in [0.3, 0.4) is 0 Å². The number of pyridine rings is 1. The summed E-state index contributed by atoms with van der Waals surface area (Å²) in [7, 11) is 1.35. The number of benzene rings is 1. The Hall–Kier alpha value is -2.49. The highest BCUT2D eigenvalue weighted by Crippen LogP contribution is 2.25. The smallest absolute Gasteiger partial charge is 0.341 e. The Morgan fingerprint density at radius 1 is 1.22 bits per heavy atom. The Labute approximate surface area is 104 Å². The third kappa shape index (κ3) is 1.35. The number of methoxy groups -OCH3 is 1. The van der Waals surface area contributed by atoms with E-state index >= 15 is 0 Å². The number of nitrogen functional groups attached to an aromatic ring is 1. The lowest BCUT2D eigenvalue weighted by Crippen LogP contribution is -2.04. The molecule has 90 valence electrons. The van der Waals surface area contributed by atoms with Crippen molar-refractivity contribution < 1.29 is 9.53 Å². The first kappa shape index (κ1) is 10.7. The maximum absolute atomic E-state index is 11.6. The quantitative estimate of drug-likeness (QED) is 0.665. The number of carbonyl (C=O) groups excluding carboxylic acids is 1. The Morgan fingerprint density at radius 3 is 2.78 bits per heavy atom. The topological polar surface area (TPSA) is 56.7 Å². The van der Waals surface area contributed by atoms with Crippen LogP contribution < -0.4 is 5.73 Å². The van der Waals surface area contributed by atoms with Gasteiger partial charge in [-0.3, -0.25) is 4.40 Å². The summed E-state index contributed by atoms with van der Waals surface area (Å²) in [6.45, 7) is 0. The van der Waals surface area contributed by atoms with Crippen LogP contribution in [-0.2, 0) is 4.74 Å². The molecule has 0 saturated carbocycles. The summed E-state index contributed by atoms with van der Waals surface area (Å²) in [6, 6.07) is 13.6. The minimum Gasteiger partial charge on any atom is -0.465 e. The number of para-hydroxylation sites is 1. The molecule has 4 nitrogen and oxygen atoms in total. The Bertz CT molecular complexity index is 759. The van der Waals surface area contributed by atoms with E-state index in [1.54, 1.807) is 6.07 Å². The second kappa shape index (κ2) is 3.77. The van der Waals surface area contributed by atoms with Crippen LogP contribution in [-0.4, -0.2) is 17.5 Å². The maximum Gasteiger partial charge on any atom is 0.341 e. The number of ether oxygens (including phenoxy) is 1. The molecule has 0 aliphatic rings. The zero-order chi connectivity index (χ0) is 12.7. The van der Waals surface area contributed by atoms with Crippen molar-refractivity contribution in [3.63, 3.8) is 0 Å². The van der Waals surface area contributed by atoms with E-state index in [0.717, 1.165) is 16.4 Å². The molecule has 0 atom stereocenters. The van der Waals surface area contributed by atoms with Crippen molar-refractivity contribution in [2.75, 3.05) is 12.8 Å². The van der Waals surface area contributed by atoms with Crippen molar-refractivity contribution in [2.45, 2.75) is 0 Å². The van der Waals surface area contributed by atoms with Crippen molar-refractivity contribution in [1.82, 2.24) is 4.40 Å². The fourth-order valence-electron chi connectivity index (χ4n) is 2.22. The van der Waals surface area contributed by atoms with Crippen molar-refractivity contribution in [3.05, 3.63) is 48.0 Å². The average molecular weight is 240 g/mol. The highest BCUT2D eigenvalue weighted by Gasteiger charge is 2.16. The predicted molar refractivity (Wildman–Crippen MR) is 70.7 cm³/mol. The van der Waals surface area contributed by atoms with Crippen LogP contribution >= 0.6 is 0 Å². The molecule has 0 saturated heterocycles. The summed E-state index contributed by atoms with van der Waals surface area (Å²) in [6.07, 6.45) is 0. The van der Waals surface area contributed by atoms with Gasteiger partial charge in [-0.15, -0.1) is 0 Å². The Kier molecular flexibility index (Phi) is 2.23. The second-order valence-electron chi connectivity index (χ2n) is 4.09. The van der Waals surface area contributed by atoms with Crippen LogP contribution in [0.4, 0.5) is 5.82 Å². The van der Waals surface area contributed by atoms with Gasteiger partial charge in [-0.2, -0.15) is 0 Å². The molecule has 4 heteroatoms. The molecule has 0 radical (unpaired) electrons. The standard InChI is InChI=1S/C14H12N2O2/c1-18-14(17)11-8-10-7-6-9-4-2-3-5-12(9)16(10)13(11)15/h2-8H,15H2,1H3. The minimum atomic E-state index is -0.416. The van der Waals surface area contributed by atoms with E-state index < -0.39 is 5.97 Å². The molecule has 0 bridgehead atoms. The molecule has 0 unspecified atom stereocenters. The molecule has 0 spiro atoms. The fourth-order valence-corrected chi connectivity index (χ4v) is 2.22. The summed E-state index contributed by atoms with van der Waals surface area (Å²) < 4.78 is 6.59. The van der Waals surface area contributed by atoms with E-state index in [9.17, 15) is 4.79 Å². The lowest BCUT2D eigenvalue weighted by molar-refractivity contribution is 0.0602. The van der Waals surface area contributed by atoms with Crippen LogP contribution in [0.2, 0.25) is 0 Å². The minimum absolute atomic E-state index is 0.397. The summed E-state index contributed by atoms with van der Waals surface area (Å²) in [5.74, 6) is -0.00562. The zero-order valence-corrected chi connectivity index (χ0v) is 9.88. The van der Waals surface area contributed by atoms with Gasteiger partial charge in [0.25, 0.3) is 0 Å². The molecule has 2 aromatic heterocycles. The van der Waals surface area contributed by atoms with E-state index in [1.807, 2.05) is 40.8 Å². The molecule has 0 aliphatic carbocycles. The fraction of sp³-hybridized carbons (Fsp3) is 0.0714. The molecule has 2 heterocycles. The zero-order valence-electron chi connectivity index (χ0n) is 9.88. The summed E-state index contributed by atoms with van der Waals surface area (Å²) in [5, 5.41) is 1.07.